The summed E-state index contributed by atoms with van der Waals surface area (Å²) in [7, 11) is -4.41. The van der Waals surface area contributed by atoms with Crippen molar-refractivity contribution < 1.29 is 42.7 Å². The molecule has 4 N–H and O–H groups in total. The minimum Gasteiger partial charge on any atom is -0.462 e. The van der Waals surface area contributed by atoms with Crippen molar-refractivity contribution in [1.29, 1.82) is 0 Å². The number of nitrogens with two attached hydrogens (primary N) is 1. The van der Waals surface area contributed by atoms with Gasteiger partial charge in [-0.25, -0.2) is 4.57 Å². The zero-order valence-corrected chi connectivity index (χ0v) is 35.6. The summed E-state index contributed by atoms with van der Waals surface area (Å²) in [6, 6.07) is 0. The Morgan fingerprint density at radius 2 is 1.21 bits per heavy atom. The van der Waals surface area contributed by atoms with Crippen molar-refractivity contribution in [2.75, 3.05) is 26.4 Å². The third-order valence-electron chi connectivity index (χ3n) is 8.35. The molecule has 0 amide bonds. The average Bonchev–Trinajstić information content (AvgIpc) is 3.18. The van der Waals surface area contributed by atoms with Gasteiger partial charge in [-0.15, -0.1) is 0 Å². The van der Waals surface area contributed by atoms with Crippen LogP contribution in [-0.2, 0) is 32.7 Å². The van der Waals surface area contributed by atoms with Gasteiger partial charge in [0.1, 0.15) is 6.61 Å². The highest BCUT2D eigenvalue weighted by Crippen LogP contribution is 2.43. The molecule has 11 heteroatoms. The number of aliphatic hydroxyl groups is 1. The van der Waals surface area contributed by atoms with Crippen LogP contribution >= 0.6 is 7.82 Å². The van der Waals surface area contributed by atoms with Gasteiger partial charge in [-0.05, 0) is 77.0 Å². The largest absolute Gasteiger partial charge is 0.472 e. The van der Waals surface area contributed by atoms with Gasteiger partial charge in [0, 0.05) is 19.4 Å². The van der Waals surface area contributed by atoms with Crippen molar-refractivity contribution >= 4 is 19.8 Å². The molecule has 0 fully saturated rings. The molecule has 0 aromatic rings. The van der Waals surface area contributed by atoms with Crippen LogP contribution in [0.4, 0.5) is 0 Å². The Morgan fingerprint density at radius 1 is 0.643 bits per heavy atom. The van der Waals surface area contributed by atoms with Crippen molar-refractivity contribution in [2.24, 2.45) is 5.73 Å². The number of rotatable bonds is 38. The molecule has 0 rings (SSSR count). The minimum atomic E-state index is -4.41. The van der Waals surface area contributed by atoms with Gasteiger partial charge in [-0.2, -0.15) is 0 Å². The first-order chi connectivity index (χ1) is 27.2. The lowest BCUT2D eigenvalue weighted by Gasteiger charge is -2.19. The summed E-state index contributed by atoms with van der Waals surface area (Å²) < 4.78 is 32.6. The highest BCUT2D eigenvalue weighted by Gasteiger charge is 2.25. The zero-order chi connectivity index (χ0) is 41.2. The summed E-state index contributed by atoms with van der Waals surface area (Å²) in [5.74, 6) is -0.954. The number of esters is 2. The van der Waals surface area contributed by atoms with Gasteiger partial charge >= 0.3 is 19.8 Å². The third-order valence-corrected chi connectivity index (χ3v) is 9.33. The second kappa shape index (κ2) is 40.4. The van der Waals surface area contributed by atoms with E-state index in [0.717, 1.165) is 44.9 Å². The van der Waals surface area contributed by atoms with Gasteiger partial charge in [0.25, 0.3) is 0 Å². The lowest BCUT2D eigenvalue weighted by molar-refractivity contribution is -0.161. The molecule has 0 aliphatic carbocycles. The van der Waals surface area contributed by atoms with Crippen LogP contribution in [0.5, 0.6) is 0 Å². The van der Waals surface area contributed by atoms with Crippen LogP contribution in [0, 0.1) is 0 Å². The van der Waals surface area contributed by atoms with Crippen LogP contribution in [0.3, 0.4) is 0 Å². The molecule has 0 aliphatic heterocycles. The molecule has 0 heterocycles. The van der Waals surface area contributed by atoms with Crippen LogP contribution in [-0.4, -0.2) is 60.5 Å². The highest BCUT2D eigenvalue weighted by molar-refractivity contribution is 7.47. The van der Waals surface area contributed by atoms with Gasteiger partial charge in [0.15, 0.2) is 6.10 Å². The van der Waals surface area contributed by atoms with E-state index in [2.05, 4.69) is 50.3 Å². The van der Waals surface area contributed by atoms with Gasteiger partial charge in [0.05, 0.1) is 19.3 Å². The molecule has 0 bridgehead atoms. The Bertz CT molecular complexity index is 1210. The summed E-state index contributed by atoms with van der Waals surface area (Å²) in [6.45, 7) is 3.40. The Kier molecular flexibility index (Phi) is 38.3. The fourth-order valence-electron chi connectivity index (χ4n) is 5.19. The van der Waals surface area contributed by atoms with Crippen LogP contribution in [0.1, 0.15) is 149 Å². The predicted molar refractivity (Wildman–Crippen MR) is 230 cm³/mol. The lowest BCUT2D eigenvalue weighted by Crippen LogP contribution is -2.29. The first-order valence-electron chi connectivity index (χ1n) is 21.2. The number of aliphatic hydroxyl groups excluding tert-OH is 1. The van der Waals surface area contributed by atoms with Crippen molar-refractivity contribution in [3.8, 4) is 0 Å². The number of ether oxygens (including phenoxy) is 2. The number of hydrogen-bond acceptors (Lipinski definition) is 9. The van der Waals surface area contributed by atoms with Crippen LogP contribution in [0.2, 0.25) is 0 Å². The van der Waals surface area contributed by atoms with E-state index in [1.165, 1.54) is 44.9 Å². The number of allylic oxidation sites excluding steroid dienone is 12. The monoisotopic (exact) mass is 806 g/mol. The summed E-state index contributed by atoms with van der Waals surface area (Å²) in [6.07, 6.45) is 46.5. The number of unbranched alkanes of at least 4 members (excludes halogenated alkanes) is 11. The maximum Gasteiger partial charge on any atom is 0.472 e. The average molecular weight is 806 g/mol. The zero-order valence-electron chi connectivity index (χ0n) is 34.7. The van der Waals surface area contributed by atoms with Gasteiger partial charge in [-0.3, -0.25) is 18.6 Å². The molecule has 0 spiro atoms. The first kappa shape index (κ1) is 53.1. The molecule has 0 saturated carbocycles. The number of carbonyl (C=O) groups excluding carboxylic acids is 2. The van der Waals surface area contributed by atoms with Crippen LogP contribution in [0.15, 0.2) is 85.1 Å². The highest BCUT2D eigenvalue weighted by atomic mass is 31.2. The standard InChI is InChI=1S/C45H76NO9P/c1-3-5-7-9-11-12-13-14-15-16-17-18-19-20-24-28-32-36-44(48)52-40-43(41-54-56(50,51)53-39-38-46)55-45(49)37-33-29-25-22-21-23-27-31-35-42(47)34-30-26-10-8-6-4-2/h6,8,11-12,14-15,22-23,25-27,30-31,35,42-43,47H,3-5,7,9-10,13,16-21,24,28-29,32-34,36-41,46H2,1-2H3,(H,50,51)/b8-6-,12-11-,15-14-,25-22-,27-23-,30-26-,35-31+/t42?,43-/m1/s1. The number of phosphoric ester groups is 1. The SMILES string of the molecule is CC/C=C\C/C=C\CC(O)/C=C/C=C\C/C=C\CCCC(=O)O[C@H](COC(=O)CCCCCCCCC/C=C\C/C=C\CCCCC)COP(=O)(O)OCCN. The fraction of sp³-hybridized carbons (Fsp3) is 0.644. The molecule has 0 aliphatic rings. The molecular formula is C45H76NO9P. The molecule has 0 saturated heterocycles. The molecule has 0 radical (unpaired) electrons. The van der Waals surface area contributed by atoms with Crippen LogP contribution < -0.4 is 5.73 Å². The summed E-state index contributed by atoms with van der Waals surface area (Å²) in [5, 5.41) is 10.0. The molecule has 10 nitrogen and oxygen atoms in total. The van der Waals surface area contributed by atoms with Crippen molar-refractivity contribution in [1.82, 2.24) is 0 Å². The maximum absolute atomic E-state index is 12.6. The number of carbonyl (C=O) groups is 2. The van der Waals surface area contributed by atoms with E-state index in [1.54, 1.807) is 6.08 Å². The van der Waals surface area contributed by atoms with Crippen molar-refractivity contribution in [3.63, 3.8) is 0 Å². The van der Waals surface area contributed by atoms with Gasteiger partial charge in [0.2, 0.25) is 0 Å². The smallest absolute Gasteiger partial charge is 0.462 e. The second-order valence-corrected chi connectivity index (χ2v) is 15.1. The van der Waals surface area contributed by atoms with E-state index in [4.69, 9.17) is 24.3 Å². The Hall–Kier alpha value is -2.85. The topological polar surface area (TPSA) is 155 Å². The third kappa shape index (κ3) is 39.4. The fourth-order valence-corrected chi connectivity index (χ4v) is 5.96. The molecule has 2 unspecified atom stereocenters. The van der Waals surface area contributed by atoms with Gasteiger partial charge < -0.3 is 25.2 Å². The predicted octanol–water partition coefficient (Wildman–Crippen LogP) is 11.0. The van der Waals surface area contributed by atoms with Crippen molar-refractivity contribution in [2.45, 2.75) is 161 Å². The number of phosphoric acid groups is 1. The Labute approximate surface area is 339 Å². The summed E-state index contributed by atoms with van der Waals surface area (Å²) in [4.78, 5) is 34.8. The Morgan fingerprint density at radius 3 is 1.88 bits per heavy atom. The first-order valence-corrected chi connectivity index (χ1v) is 22.7. The molecular weight excluding hydrogens is 729 g/mol. The molecule has 56 heavy (non-hydrogen) atoms. The molecule has 0 aromatic carbocycles. The summed E-state index contributed by atoms with van der Waals surface area (Å²) >= 11 is 0. The molecule has 320 valence electrons. The van der Waals surface area contributed by atoms with E-state index >= 15 is 0 Å². The minimum absolute atomic E-state index is 0.0286. The normalized spacial score (nSPS) is 14.7. The Balaban J connectivity index is 4.36. The van der Waals surface area contributed by atoms with E-state index < -0.39 is 38.6 Å². The van der Waals surface area contributed by atoms with E-state index in [0.29, 0.717) is 32.1 Å². The second-order valence-electron chi connectivity index (χ2n) is 13.7. The van der Waals surface area contributed by atoms with Crippen LogP contribution in [0.25, 0.3) is 0 Å². The number of hydrogen-bond donors (Lipinski definition) is 3. The van der Waals surface area contributed by atoms with Crippen molar-refractivity contribution in [3.05, 3.63) is 85.1 Å². The quantitative estimate of drug-likeness (QED) is 0.0180. The maximum atomic E-state index is 12.6. The van der Waals surface area contributed by atoms with E-state index in [1.807, 2.05) is 42.5 Å². The molecule has 3 atom stereocenters. The lowest BCUT2D eigenvalue weighted by atomic mass is 10.1. The van der Waals surface area contributed by atoms with Gasteiger partial charge in [-0.1, -0.05) is 144 Å². The summed E-state index contributed by atoms with van der Waals surface area (Å²) in [5.41, 5.74) is 5.33. The van der Waals surface area contributed by atoms with E-state index in [-0.39, 0.29) is 32.6 Å². The molecule has 0 aromatic heterocycles. The van der Waals surface area contributed by atoms with E-state index in [9.17, 15) is 24.2 Å².